The van der Waals surface area contributed by atoms with Crippen LogP contribution in [0.1, 0.15) is 41.1 Å². The molecule has 1 aromatic carbocycles. The molecule has 0 N–H and O–H groups in total. The molecule has 0 fully saturated rings. The number of fused-ring (bicyclic) bond motifs is 3. The van der Waals surface area contributed by atoms with Crippen molar-refractivity contribution in [3.63, 3.8) is 0 Å². The van der Waals surface area contributed by atoms with Crippen LogP contribution in [0, 0.1) is 0 Å². The Morgan fingerprint density at radius 1 is 1.19 bits per heavy atom. The number of furan rings is 1. The van der Waals surface area contributed by atoms with Gasteiger partial charge in [-0.25, -0.2) is 9.78 Å². The summed E-state index contributed by atoms with van der Waals surface area (Å²) in [6.07, 6.45) is 5.42. The summed E-state index contributed by atoms with van der Waals surface area (Å²) in [4.78, 5) is 30.0. The number of hydrogen-bond donors (Lipinski definition) is 0. The minimum absolute atomic E-state index is 0.139. The minimum atomic E-state index is -0.429. The fraction of sp³-hybridized carbons (Fsp3) is 0.304. The van der Waals surface area contributed by atoms with E-state index in [2.05, 4.69) is 9.67 Å². The summed E-state index contributed by atoms with van der Waals surface area (Å²) in [5.41, 5.74) is 2.56. The van der Waals surface area contributed by atoms with Crippen LogP contribution in [0.5, 0.6) is 0 Å². The fourth-order valence-electron chi connectivity index (χ4n) is 4.08. The van der Waals surface area contributed by atoms with E-state index in [1.165, 1.54) is 29.8 Å². The van der Waals surface area contributed by atoms with Gasteiger partial charge in [0.2, 0.25) is 0 Å². The molecule has 1 aromatic heterocycles. The van der Waals surface area contributed by atoms with Gasteiger partial charge in [-0.15, -0.1) is 5.10 Å². The highest BCUT2D eigenvalue weighted by atomic mass is 32.2. The number of carbonyl (C=O) groups is 1. The maximum atomic E-state index is 13.3. The van der Waals surface area contributed by atoms with Gasteiger partial charge in [0.1, 0.15) is 16.9 Å². The number of thioether (sulfide) groups is 1. The smallest absolute Gasteiger partial charge is 0.341 e. The number of benzene rings is 1. The molecule has 5 rings (SSSR count). The number of rotatable bonds is 5. The second kappa shape index (κ2) is 8.66. The van der Waals surface area contributed by atoms with Crippen LogP contribution in [-0.4, -0.2) is 32.4 Å². The quantitative estimate of drug-likeness (QED) is 0.258. The fourth-order valence-corrected chi connectivity index (χ4v) is 5.07. The molecule has 0 saturated heterocycles. The van der Waals surface area contributed by atoms with Crippen LogP contribution in [0.2, 0.25) is 0 Å². The zero-order valence-electron chi connectivity index (χ0n) is 17.6. The van der Waals surface area contributed by atoms with E-state index in [4.69, 9.17) is 14.1 Å². The number of esters is 1. The predicted molar refractivity (Wildman–Crippen MR) is 119 cm³/mol. The van der Waals surface area contributed by atoms with Gasteiger partial charge in [-0.1, -0.05) is 36.4 Å². The highest BCUT2D eigenvalue weighted by molar-refractivity contribution is 7.98. The third kappa shape index (κ3) is 3.62. The van der Waals surface area contributed by atoms with Gasteiger partial charge in [0.25, 0.3) is 5.56 Å². The number of methoxy groups -OCH3 is 1. The van der Waals surface area contributed by atoms with Gasteiger partial charge in [0.15, 0.2) is 11.0 Å². The van der Waals surface area contributed by atoms with E-state index in [1.54, 1.807) is 6.07 Å². The van der Waals surface area contributed by atoms with Crippen molar-refractivity contribution >= 4 is 17.7 Å². The lowest BCUT2D eigenvalue weighted by molar-refractivity contribution is 0.0598. The van der Waals surface area contributed by atoms with Crippen molar-refractivity contribution in [2.75, 3.05) is 7.11 Å². The first-order valence-corrected chi connectivity index (χ1v) is 11.5. The third-order valence-corrected chi connectivity index (χ3v) is 6.63. The lowest BCUT2D eigenvalue weighted by atomic mass is 10.1. The van der Waals surface area contributed by atoms with Crippen molar-refractivity contribution in [1.29, 1.82) is 0 Å². The van der Waals surface area contributed by atoms with Crippen LogP contribution in [0.4, 0.5) is 0 Å². The first-order chi connectivity index (χ1) is 15.7. The van der Waals surface area contributed by atoms with Crippen LogP contribution in [0.15, 0.2) is 57.0 Å². The first-order valence-electron chi connectivity index (χ1n) is 10.5. The summed E-state index contributed by atoms with van der Waals surface area (Å²) in [5.74, 6) is 0.967. The molecule has 0 radical (unpaired) electrons. The third-order valence-electron chi connectivity index (χ3n) is 5.65. The number of hydrogen-bond acceptors (Lipinski definition) is 7. The van der Waals surface area contributed by atoms with Crippen LogP contribution < -0.4 is 5.56 Å². The number of carbonyl (C=O) groups excluding carboxylic acids is 1. The van der Waals surface area contributed by atoms with Gasteiger partial charge in [-0.3, -0.25) is 4.79 Å². The first kappa shape index (κ1) is 20.6. The van der Waals surface area contributed by atoms with Crippen LogP contribution >= 0.6 is 11.8 Å². The van der Waals surface area contributed by atoms with Crippen LogP contribution in [0.3, 0.4) is 0 Å². The average Bonchev–Trinajstić information content (AvgIpc) is 3.33. The Morgan fingerprint density at radius 3 is 2.84 bits per heavy atom. The van der Waals surface area contributed by atoms with Crippen molar-refractivity contribution < 1.29 is 13.9 Å². The molecule has 3 aliphatic heterocycles. The Balaban J connectivity index is 1.58. The van der Waals surface area contributed by atoms with E-state index in [1.807, 2.05) is 30.3 Å². The molecule has 0 saturated carbocycles. The van der Waals surface area contributed by atoms with Crippen molar-refractivity contribution in [2.24, 2.45) is 0 Å². The number of aromatic nitrogens is 4. The standard InChI is InChI=1S/C23H22N4O4S/c1-30-22(29)16-11-13-31-18(16)14-32-23-24-20-19(17-10-6-3-7-12-26(17)23)21(28)27(25-20)15-8-4-2-5-9-15/h2,4-5,8-9,11,13H,3,6-7,10,12,14H2,1H3. The molecule has 32 heavy (non-hydrogen) atoms. The molecule has 4 heterocycles. The summed E-state index contributed by atoms with van der Waals surface area (Å²) in [6, 6.07) is 11.0. The van der Waals surface area contributed by atoms with E-state index in [9.17, 15) is 9.59 Å². The molecule has 8 nitrogen and oxygen atoms in total. The van der Waals surface area contributed by atoms with E-state index < -0.39 is 5.97 Å². The lowest BCUT2D eigenvalue weighted by Gasteiger charge is -2.17. The van der Waals surface area contributed by atoms with Crippen molar-refractivity contribution in [3.05, 3.63) is 70.0 Å². The molecule has 2 aromatic rings. The van der Waals surface area contributed by atoms with Gasteiger partial charge >= 0.3 is 5.97 Å². The average molecular weight is 451 g/mol. The Kier molecular flexibility index (Phi) is 5.57. The highest BCUT2D eigenvalue weighted by Crippen LogP contribution is 2.32. The van der Waals surface area contributed by atoms with E-state index in [0.717, 1.165) is 48.8 Å². The van der Waals surface area contributed by atoms with Gasteiger partial charge in [0, 0.05) is 12.2 Å². The predicted octanol–water partition coefficient (Wildman–Crippen LogP) is 3.93. The molecular weight excluding hydrogens is 428 g/mol. The van der Waals surface area contributed by atoms with Gasteiger partial charge in [0.05, 0.1) is 24.8 Å². The summed E-state index contributed by atoms with van der Waals surface area (Å²) in [6.45, 7) is 0.790. The van der Waals surface area contributed by atoms with Crippen molar-refractivity contribution in [2.45, 2.75) is 43.1 Å². The van der Waals surface area contributed by atoms with Crippen LogP contribution in [0.25, 0.3) is 17.1 Å². The summed E-state index contributed by atoms with van der Waals surface area (Å²) < 4.78 is 13.9. The zero-order chi connectivity index (χ0) is 22.1. The lowest BCUT2D eigenvalue weighted by Crippen LogP contribution is -2.19. The topological polar surface area (TPSA) is 92.2 Å². The van der Waals surface area contributed by atoms with E-state index in [-0.39, 0.29) is 5.56 Å². The molecule has 0 spiro atoms. The molecule has 0 aliphatic carbocycles. The molecule has 164 valence electrons. The van der Waals surface area contributed by atoms with Crippen molar-refractivity contribution in [3.8, 4) is 17.1 Å². The summed E-state index contributed by atoms with van der Waals surface area (Å²) in [5, 5.41) is 5.32. The van der Waals surface area contributed by atoms with Gasteiger partial charge in [-0.05, 0) is 37.5 Å². The Morgan fingerprint density at radius 2 is 2.03 bits per heavy atom. The monoisotopic (exact) mass is 450 g/mol. The highest BCUT2D eigenvalue weighted by Gasteiger charge is 2.27. The number of para-hydroxylation sites is 1. The summed E-state index contributed by atoms with van der Waals surface area (Å²) in [7, 11) is 1.35. The van der Waals surface area contributed by atoms with Crippen LogP contribution in [-0.2, 0) is 23.5 Å². The van der Waals surface area contributed by atoms with Crippen molar-refractivity contribution in [1.82, 2.24) is 19.3 Å². The van der Waals surface area contributed by atoms with Gasteiger partial charge in [-0.2, -0.15) is 4.68 Å². The molecule has 3 aliphatic rings. The number of nitrogens with zero attached hydrogens (tertiary/aromatic N) is 4. The second-order valence-corrected chi connectivity index (χ2v) is 8.53. The van der Waals surface area contributed by atoms with Gasteiger partial charge < -0.3 is 13.7 Å². The Hall–Kier alpha value is -3.33. The SMILES string of the molecule is COC(=O)c1ccoc1CSc1nc2nn(-c3ccccc3)c(=O)c-2c2n1CCCCC2. The maximum absolute atomic E-state index is 13.3. The maximum Gasteiger partial charge on any atom is 0.341 e. The number of ether oxygens (including phenoxy) is 1. The second-order valence-electron chi connectivity index (χ2n) is 7.59. The Labute approximate surface area is 188 Å². The summed E-state index contributed by atoms with van der Waals surface area (Å²) >= 11 is 1.47. The van der Waals surface area contributed by atoms with E-state index in [0.29, 0.717) is 28.5 Å². The largest absolute Gasteiger partial charge is 0.468 e. The molecule has 9 heteroatoms. The normalized spacial score (nSPS) is 13.7. The van der Waals surface area contributed by atoms with E-state index >= 15 is 0 Å². The molecule has 0 atom stereocenters. The molecular formula is C23H22N4O4S. The molecule has 0 unspecified atom stereocenters. The Bertz CT molecular complexity index is 1290. The molecule has 0 bridgehead atoms. The zero-order valence-corrected chi connectivity index (χ0v) is 18.4. The molecule has 0 amide bonds. The minimum Gasteiger partial charge on any atom is -0.468 e.